The number of carbonyl (C=O) groups is 4. The summed E-state index contributed by atoms with van der Waals surface area (Å²) in [7, 11) is -4.45. The van der Waals surface area contributed by atoms with Gasteiger partial charge in [0.1, 0.15) is 29.5 Å². The average Bonchev–Trinajstić information content (AvgIpc) is 3.62. The van der Waals surface area contributed by atoms with Crippen LogP contribution >= 0.6 is 7.82 Å². The lowest BCUT2D eigenvalue weighted by Gasteiger charge is -2.67. The first-order valence-electron chi connectivity index (χ1n) is 25.4. The van der Waals surface area contributed by atoms with Gasteiger partial charge in [0, 0.05) is 29.7 Å². The molecule has 9 rings (SSSR count). The zero-order valence-electron chi connectivity index (χ0n) is 43.0. The van der Waals surface area contributed by atoms with Gasteiger partial charge in [-0.2, -0.15) is 0 Å². The number of rotatable bonds is 18. The number of carbonyl (C=O) groups excluding carboxylic acids is 4. The Morgan fingerprint density at radius 2 is 1.28 bits per heavy atom. The topological polar surface area (TPSA) is 223 Å². The van der Waals surface area contributed by atoms with Gasteiger partial charge in [0.25, 0.3) is 5.91 Å². The number of aliphatic hydroxyl groups is 3. The van der Waals surface area contributed by atoms with Crippen molar-refractivity contribution in [3.8, 4) is 0 Å². The number of ketones is 1. The van der Waals surface area contributed by atoms with Gasteiger partial charge in [-0.05, 0) is 72.9 Å². The van der Waals surface area contributed by atoms with Crippen LogP contribution in [-0.4, -0.2) is 94.1 Å². The first-order chi connectivity index (χ1) is 36.3. The summed E-state index contributed by atoms with van der Waals surface area (Å²) in [6.07, 6.45) is -8.19. The molecule has 17 heteroatoms. The number of phosphoric acid groups is 1. The largest absolute Gasteiger partial charge is 0.477 e. The molecule has 0 spiro atoms. The van der Waals surface area contributed by atoms with E-state index in [1.807, 2.05) is 12.1 Å². The maximum Gasteiger partial charge on any atom is 0.477 e. The van der Waals surface area contributed by atoms with Gasteiger partial charge >= 0.3 is 19.8 Å². The number of amides is 1. The molecule has 8 unspecified atom stereocenters. The first-order valence-corrected chi connectivity index (χ1v) is 26.9. The molecule has 5 aromatic carbocycles. The van der Waals surface area contributed by atoms with Gasteiger partial charge in [-0.15, -0.1) is 0 Å². The minimum absolute atomic E-state index is 0.00349. The average molecular weight is 1060 g/mol. The highest BCUT2D eigenvalue weighted by Gasteiger charge is 2.76. The van der Waals surface area contributed by atoms with Crippen LogP contribution in [0.5, 0.6) is 0 Å². The van der Waals surface area contributed by atoms with Gasteiger partial charge in [0.2, 0.25) is 0 Å². The molecule has 4 aliphatic rings. The predicted octanol–water partition coefficient (Wildman–Crippen LogP) is 8.41. The van der Waals surface area contributed by atoms with Crippen LogP contribution in [0.25, 0.3) is 0 Å². The Morgan fingerprint density at radius 1 is 0.750 bits per heavy atom. The predicted molar refractivity (Wildman–Crippen MR) is 277 cm³/mol. The zero-order valence-corrected chi connectivity index (χ0v) is 43.9. The smallest absolute Gasteiger partial charge is 0.457 e. The van der Waals surface area contributed by atoms with Crippen molar-refractivity contribution in [3.63, 3.8) is 0 Å². The molecule has 3 aliphatic carbocycles. The molecule has 3 fully saturated rings. The van der Waals surface area contributed by atoms with Crippen molar-refractivity contribution < 1.29 is 71.6 Å². The van der Waals surface area contributed by atoms with Crippen molar-refractivity contribution >= 4 is 31.5 Å². The van der Waals surface area contributed by atoms with E-state index in [2.05, 4.69) is 5.32 Å². The molecular weight excluding hydrogens is 994 g/mol. The highest BCUT2D eigenvalue weighted by molar-refractivity contribution is 7.48. The van der Waals surface area contributed by atoms with Gasteiger partial charge in [-0.1, -0.05) is 141 Å². The lowest BCUT2D eigenvalue weighted by Crippen LogP contribution is -2.81. The third-order valence-electron chi connectivity index (χ3n) is 16.1. The summed E-state index contributed by atoms with van der Waals surface area (Å²) in [5.41, 5.74) is -5.32. The van der Waals surface area contributed by atoms with E-state index in [-0.39, 0.29) is 43.0 Å². The molecule has 1 amide bonds. The minimum Gasteiger partial charge on any atom is -0.457 e. The Kier molecular flexibility index (Phi) is 15.8. The fraction of sp³-hybridized carbons (Fsp3) is 0.390. The van der Waals surface area contributed by atoms with Gasteiger partial charge in [-0.25, -0.2) is 9.36 Å². The lowest BCUT2D eigenvalue weighted by molar-refractivity contribution is -0.349. The van der Waals surface area contributed by atoms with Gasteiger partial charge in [0.15, 0.2) is 12.6 Å². The van der Waals surface area contributed by atoms with Crippen LogP contribution in [0, 0.1) is 22.7 Å². The SMILES string of the molecule is CC1=C2C(O)C(=O)[C@]3(C)C(OCOP(=O)(OCc4ccccc4)OCc4ccccc4)CC4OC[C@@]4(O)C3C(OC(=O)c3ccccc3)C(O)(CC1OC(=O)[C@H](C)C(NC(=O)c1ccccc1)c1ccccc1)C2(C)C. The molecule has 76 heavy (non-hydrogen) atoms. The molecule has 11 atom stereocenters. The third-order valence-corrected chi connectivity index (χ3v) is 17.5. The fourth-order valence-corrected chi connectivity index (χ4v) is 12.7. The highest BCUT2D eigenvalue weighted by atomic mass is 31.2. The Balaban J connectivity index is 1.08. The van der Waals surface area contributed by atoms with E-state index in [1.54, 1.807) is 155 Å². The number of aliphatic hydroxyl groups excluding tert-OH is 1. The molecule has 16 nitrogen and oxygen atoms in total. The summed E-state index contributed by atoms with van der Waals surface area (Å²) in [5, 5.41) is 42.6. The Bertz CT molecular complexity index is 2920. The Hall–Kier alpha value is -6.17. The van der Waals surface area contributed by atoms with Crippen LogP contribution < -0.4 is 5.32 Å². The fourth-order valence-electron chi connectivity index (χ4n) is 11.7. The first kappa shape index (κ1) is 54.6. The van der Waals surface area contributed by atoms with Gasteiger partial charge in [-0.3, -0.25) is 28.0 Å². The van der Waals surface area contributed by atoms with E-state index >= 15 is 4.79 Å². The van der Waals surface area contributed by atoms with Crippen LogP contribution in [0.1, 0.15) is 90.9 Å². The number of ether oxygens (including phenoxy) is 4. The van der Waals surface area contributed by atoms with E-state index in [1.165, 1.54) is 19.1 Å². The van der Waals surface area contributed by atoms with Crippen LogP contribution in [0.3, 0.4) is 0 Å². The van der Waals surface area contributed by atoms with Gasteiger partial charge < -0.3 is 39.6 Å². The number of benzene rings is 5. The molecule has 4 N–H and O–H groups in total. The number of hydrogen-bond donors (Lipinski definition) is 4. The van der Waals surface area contributed by atoms with Crippen LogP contribution in [0.4, 0.5) is 0 Å². The second-order valence-electron chi connectivity index (χ2n) is 20.9. The van der Waals surface area contributed by atoms with E-state index in [0.29, 0.717) is 22.3 Å². The van der Waals surface area contributed by atoms with Crippen molar-refractivity contribution in [1.29, 1.82) is 0 Å². The lowest BCUT2D eigenvalue weighted by atomic mass is 9.44. The van der Waals surface area contributed by atoms with Crippen LogP contribution in [0.15, 0.2) is 163 Å². The van der Waals surface area contributed by atoms with Crippen molar-refractivity contribution in [2.45, 2.75) is 108 Å². The highest BCUT2D eigenvalue weighted by Crippen LogP contribution is 2.64. The van der Waals surface area contributed by atoms with Crippen molar-refractivity contribution in [2.24, 2.45) is 22.7 Å². The summed E-state index contributed by atoms with van der Waals surface area (Å²) in [4.78, 5) is 58.6. The molecule has 1 saturated heterocycles. The quantitative estimate of drug-likeness (QED) is 0.0280. The molecule has 2 bridgehead atoms. The van der Waals surface area contributed by atoms with E-state index in [0.717, 1.165) is 0 Å². The van der Waals surface area contributed by atoms with Gasteiger partial charge in [0.05, 0.1) is 55.0 Å². The summed E-state index contributed by atoms with van der Waals surface area (Å²) in [5.74, 6) is -5.63. The number of esters is 2. The number of hydrogen-bond acceptors (Lipinski definition) is 15. The maximum absolute atomic E-state index is 15.8. The van der Waals surface area contributed by atoms with Crippen molar-refractivity contribution in [1.82, 2.24) is 5.32 Å². The van der Waals surface area contributed by atoms with Crippen LogP contribution in [0.2, 0.25) is 0 Å². The normalized spacial score (nSPS) is 28.5. The van der Waals surface area contributed by atoms with Crippen molar-refractivity contribution in [3.05, 3.63) is 191 Å². The second kappa shape index (κ2) is 22.1. The van der Waals surface area contributed by atoms with Crippen LogP contribution in [-0.2, 0) is 59.9 Å². The number of nitrogens with one attached hydrogen (secondary N) is 1. The molecule has 5 aromatic rings. The summed E-state index contributed by atoms with van der Waals surface area (Å²) >= 11 is 0. The maximum atomic E-state index is 15.8. The molecule has 400 valence electrons. The number of phosphoric ester groups is 1. The number of Topliss-reactive ketones (excluding diaryl/α,β-unsaturated/α-hetero) is 1. The van der Waals surface area contributed by atoms with E-state index < -0.39 is 115 Å². The van der Waals surface area contributed by atoms with Crippen molar-refractivity contribution in [2.75, 3.05) is 13.4 Å². The Labute approximate surface area is 441 Å². The summed E-state index contributed by atoms with van der Waals surface area (Å²) in [6, 6.07) is 42.5. The molecule has 0 radical (unpaired) electrons. The number of fused-ring (bicyclic) bond motifs is 5. The molecular formula is C59H64NO15P. The second-order valence-corrected chi connectivity index (χ2v) is 22.6. The molecule has 2 saturated carbocycles. The zero-order chi connectivity index (χ0) is 54.0. The standard InChI is InChI=1S/C59H64NO15P/c1-37-44(74-54(64)38(2)48(41-25-15-8-16-26-41)60-53(63)42-27-17-9-18-28-42)32-59(67)52(75-55(65)43-29-19-10-20-30-43)50-57(5,51(62)49(61)47(37)56(59,3)4)45(31-46-58(50,66)35-69-46)70-36-73-76(68,71-33-39-21-11-6-12-22-39)72-34-40-23-13-7-14-24-40/h6-30,38,44-46,48-50,52,61,66-67H,31-36H2,1-5H3,(H,60,63)/t38-,44?,45?,46?,48?,49?,50?,52?,57-,58+,59?/m1/s1. The summed E-state index contributed by atoms with van der Waals surface area (Å²) < 4.78 is 57.3. The molecule has 0 aromatic heterocycles. The van der Waals surface area contributed by atoms with E-state index in [9.17, 15) is 34.3 Å². The van der Waals surface area contributed by atoms with E-state index in [4.69, 9.17) is 32.5 Å². The Morgan fingerprint density at radius 3 is 1.82 bits per heavy atom. The summed E-state index contributed by atoms with van der Waals surface area (Å²) in [6.45, 7) is 6.41. The monoisotopic (exact) mass is 1060 g/mol. The third kappa shape index (κ3) is 10.4. The molecule has 1 heterocycles. The minimum atomic E-state index is -4.45. The molecule has 1 aliphatic heterocycles.